The topological polar surface area (TPSA) is 58.6 Å². The third-order valence-electron chi connectivity index (χ3n) is 6.56. The monoisotopic (exact) mass is 488 g/mol. The SMILES string of the molecule is CCC(Oc1ccc2c(c1)C(c1ccccc1)N(C(=O)C(C)C)CC2)C(=O)NCc1ccc(F)cc1. The largest absolute Gasteiger partial charge is 0.481 e. The molecule has 0 saturated heterocycles. The second kappa shape index (κ2) is 11.4. The lowest BCUT2D eigenvalue weighted by molar-refractivity contribution is -0.136. The first-order valence-corrected chi connectivity index (χ1v) is 12.5. The maximum absolute atomic E-state index is 13.1. The molecule has 2 unspecified atom stereocenters. The lowest BCUT2D eigenvalue weighted by Gasteiger charge is -2.39. The maximum atomic E-state index is 13.1. The van der Waals surface area contributed by atoms with Crippen molar-refractivity contribution in [1.29, 1.82) is 0 Å². The Hall–Kier alpha value is -3.67. The Morgan fingerprint density at radius 1 is 1.06 bits per heavy atom. The number of benzene rings is 3. The molecule has 1 aliphatic heterocycles. The first-order chi connectivity index (χ1) is 17.4. The number of ether oxygens (including phenoxy) is 1. The zero-order chi connectivity index (χ0) is 25.7. The van der Waals surface area contributed by atoms with Crippen LogP contribution in [0.5, 0.6) is 5.75 Å². The predicted molar refractivity (Wildman–Crippen MR) is 138 cm³/mol. The van der Waals surface area contributed by atoms with Crippen molar-refractivity contribution in [2.75, 3.05) is 6.54 Å². The molecule has 0 saturated carbocycles. The number of hydrogen-bond acceptors (Lipinski definition) is 3. The fourth-order valence-corrected chi connectivity index (χ4v) is 4.62. The number of carbonyl (C=O) groups is 2. The number of nitrogens with one attached hydrogen (secondary N) is 1. The van der Waals surface area contributed by atoms with Crippen LogP contribution in [0.15, 0.2) is 72.8 Å². The van der Waals surface area contributed by atoms with Gasteiger partial charge in [-0.25, -0.2) is 4.39 Å². The fraction of sp³-hybridized carbons (Fsp3) is 0.333. The van der Waals surface area contributed by atoms with Crippen LogP contribution < -0.4 is 10.1 Å². The molecule has 4 rings (SSSR count). The Morgan fingerprint density at radius 3 is 2.44 bits per heavy atom. The van der Waals surface area contributed by atoms with E-state index in [-0.39, 0.29) is 29.6 Å². The van der Waals surface area contributed by atoms with Gasteiger partial charge in [0.25, 0.3) is 5.91 Å². The van der Waals surface area contributed by atoms with Crippen molar-refractivity contribution in [3.63, 3.8) is 0 Å². The lowest BCUT2D eigenvalue weighted by atomic mass is 9.87. The zero-order valence-corrected chi connectivity index (χ0v) is 21.0. The quantitative estimate of drug-likeness (QED) is 0.460. The van der Waals surface area contributed by atoms with E-state index in [1.165, 1.54) is 17.7 Å². The molecule has 5 nitrogen and oxygen atoms in total. The Kier molecular flexibility index (Phi) is 8.04. The smallest absolute Gasteiger partial charge is 0.261 e. The van der Waals surface area contributed by atoms with Crippen molar-refractivity contribution < 1.29 is 18.7 Å². The summed E-state index contributed by atoms with van der Waals surface area (Å²) in [6.07, 6.45) is 0.592. The van der Waals surface area contributed by atoms with Gasteiger partial charge in [-0.2, -0.15) is 0 Å². The van der Waals surface area contributed by atoms with E-state index in [0.29, 0.717) is 25.3 Å². The van der Waals surface area contributed by atoms with Gasteiger partial charge in [0.2, 0.25) is 5.91 Å². The summed E-state index contributed by atoms with van der Waals surface area (Å²) in [5, 5.41) is 2.88. The third kappa shape index (κ3) is 5.76. The fourth-order valence-electron chi connectivity index (χ4n) is 4.62. The number of rotatable bonds is 8. The first-order valence-electron chi connectivity index (χ1n) is 12.5. The van der Waals surface area contributed by atoms with Crippen molar-refractivity contribution in [2.24, 2.45) is 5.92 Å². The van der Waals surface area contributed by atoms with Crippen LogP contribution in [0.4, 0.5) is 4.39 Å². The molecule has 0 radical (unpaired) electrons. The Bertz CT molecular complexity index is 1190. The van der Waals surface area contributed by atoms with Crippen molar-refractivity contribution in [1.82, 2.24) is 10.2 Å². The number of carbonyl (C=O) groups excluding carboxylic acids is 2. The van der Waals surface area contributed by atoms with Crippen LogP contribution in [-0.4, -0.2) is 29.4 Å². The molecule has 0 bridgehead atoms. The Labute approximate surface area is 212 Å². The maximum Gasteiger partial charge on any atom is 0.261 e. The molecule has 1 aliphatic rings. The predicted octanol–water partition coefficient (Wildman–Crippen LogP) is 5.43. The van der Waals surface area contributed by atoms with Crippen LogP contribution in [0, 0.1) is 11.7 Å². The van der Waals surface area contributed by atoms with Crippen LogP contribution in [0.3, 0.4) is 0 Å². The summed E-state index contributed by atoms with van der Waals surface area (Å²) in [5.74, 6) is 0.0710. The van der Waals surface area contributed by atoms with Crippen LogP contribution in [0.2, 0.25) is 0 Å². The van der Waals surface area contributed by atoms with Gasteiger partial charge in [0.15, 0.2) is 6.10 Å². The molecule has 0 aliphatic carbocycles. The van der Waals surface area contributed by atoms with Gasteiger partial charge in [-0.15, -0.1) is 0 Å². The summed E-state index contributed by atoms with van der Waals surface area (Å²) in [6, 6.07) is 21.8. The van der Waals surface area contributed by atoms with Crippen molar-refractivity contribution in [2.45, 2.75) is 52.3 Å². The minimum atomic E-state index is -0.671. The molecule has 0 aromatic heterocycles. The van der Waals surface area contributed by atoms with Gasteiger partial charge in [-0.3, -0.25) is 9.59 Å². The van der Waals surface area contributed by atoms with Gasteiger partial charge in [-0.1, -0.05) is 69.3 Å². The summed E-state index contributed by atoms with van der Waals surface area (Å²) >= 11 is 0. The standard InChI is InChI=1S/C30H33FN2O3/c1-4-27(29(34)32-19-21-10-13-24(31)14-11-21)36-25-15-12-22-16-17-33(30(35)20(2)3)28(26(22)18-25)23-8-6-5-7-9-23/h5-15,18,20,27-28H,4,16-17,19H2,1-3H3,(H,32,34). The van der Waals surface area contributed by atoms with E-state index in [2.05, 4.69) is 5.32 Å². The Balaban J connectivity index is 1.56. The molecule has 36 heavy (non-hydrogen) atoms. The molecular weight excluding hydrogens is 455 g/mol. The second-order valence-electron chi connectivity index (χ2n) is 9.47. The van der Waals surface area contributed by atoms with Gasteiger partial charge in [0.1, 0.15) is 11.6 Å². The van der Waals surface area contributed by atoms with Crippen molar-refractivity contribution >= 4 is 11.8 Å². The molecule has 2 atom stereocenters. The minimum absolute atomic E-state index is 0.105. The van der Waals surface area contributed by atoms with Gasteiger partial charge in [0.05, 0.1) is 6.04 Å². The molecule has 3 aromatic rings. The molecule has 1 heterocycles. The molecule has 3 aromatic carbocycles. The normalized spacial score (nSPS) is 15.8. The average molecular weight is 489 g/mol. The molecule has 0 fully saturated rings. The second-order valence-corrected chi connectivity index (χ2v) is 9.47. The van der Waals surface area contributed by atoms with E-state index in [1.807, 2.05) is 74.2 Å². The van der Waals surface area contributed by atoms with E-state index >= 15 is 0 Å². The third-order valence-corrected chi connectivity index (χ3v) is 6.56. The number of fused-ring (bicyclic) bond motifs is 1. The van der Waals surface area contributed by atoms with E-state index in [1.54, 1.807) is 12.1 Å². The van der Waals surface area contributed by atoms with E-state index in [4.69, 9.17) is 4.74 Å². The lowest BCUT2D eigenvalue weighted by Crippen LogP contribution is -2.42. The summed E-state index contributed by atoms with van der Waals surface area (Å²) < 4.78 is 19.3. The van der Waals surface area contributed by atoms with Gasteiger partial charge in [0, 0.05) is 19.0 Å². The molecule has 6 heteroatoms. The Morgan fingerprint density at radius 2 is 1.78 bits per heavy atom. The summed E-state index contributed by atoms with van der Waals surface area (Å²) in [4.78, 5) is 27.9. The summed E-state index contributed by atoms with van der Waals surface area (Å²) in [5.41, 5.74) is 4.07. The molecular formula is C30H33FN2O3. The number of hydrogen-bond donors (Lipinski definition) is 1. The summed E-state index contributed by atoms with van der Waals surface area (Å²) in [7, 11) is 0. The van der Waals surface area contributed by atoms with E-state index in [9.17, 15) is 14.0 Å². The van der Waals surface area contributed by atoms with Crippen molar-refractivity contribution in [3.8, 4) is 5.75 Å². The average Bonchev–Trinajstić information content (AvgIpc) is 2.90. The molecule has 0 spiro atoms. The molecule has 188 valence electrons. The highest BCUT2D eigenvalue weighted by atomic mass is 19.1. The number of nitrogens with zero attached hydrogens (tertiary/aromatic N) is 1. The molecule has 2 amide bonds. The van der Waals surface area contributed by atoms with E-state index < -0.39 is 6.10 Å². The van der Waals surface area contributed by atoms with Gasteiger partial charge >= 0.3 is 0 Å². The number of amides is 2. The van der Waals surface area contributed by atoms with Gasteiger partial charge < -0.3 is 15.0 Å². The van der Waals surface area contributed by atoms with Gasteiger partial charge in [-0.05, 0) is 59.4 Å². The van der Waals surface area contributed by atoms with Crippen molar-refractivity contribution in [3.05, 3.63) is 101 Å². The van der Waals surface area contributed by atoms with Crippen LogP contribution in [0.1, 0.15) is 55.5 Å². The van der Waals surface area contributed by atoms with Crippen LogP contribution in [0.25, 0.3) is 0 Å². The van der Waals surface area contributed by atoms with E-state index in [0.717, 1.165) is 23.1 Å². The highest BCUT2D eigenvalue weighted by Crippen LogP contribution is 2.38. The molecule has 1 N–H and O–H groups in total. The highest BCUT2D eigenvalue weighted by Gasteiger charge is 2.33. The minimum Gasteiger partial charge on any atom is -0.481 e. The zero-order valence-electron chi connectivity index (χ0n) is 21.0. The van der Waals surface area contributed by atoms with Crippen LogP contribution >= 0.6 is 0 Å². The number of halogens is 1. The highest BCUT2D eigenvalue weighted by molar-refractivity contribution is 5.81. The first kappa shape index (κ1) is 25.4. The summed E-state index contributed by atoms with van der Waals surface area (Å²) in [6.45, 7) is 6.71. The van der Waals surface area contributed by atoms with Crippen LogP contribution in [-0.2, 0) is 22.6 Å².